The van der Waals surface area contributed by atoms with Crippen LogP contribution in [0.3, 0.4) is 0 Å². The van der Waals surface area contributed by atoms with Gasteiger partial charge in [0.1, 0.15) is 6.04 Å². The summed E-state index contributed by atoms with van der Waals surface area (Å²) in [5.74, 6) is 0. The Morgan fingerprint density at radius 1 is 1.46 bits per heavy atom. The predicted molar refractivity (Wildman–Crippen MR) is 42.2 cm³/mol. The van der Waals surface area contributed by atoms with Crippen LogP contribution in [0, 0.1) is 0 Å². The average Bonchev–Trinajstić information content (AvgIpc) is 2.02. The molecule has 1 rings (SSSR count). The number of aromatic nitrogens is 1. The van der Waals surface area contributed by atoms with Crippen LogP contribution in [0.2, 0.25) is 5.02 Å². The van der Waals surface area contributed by atoms with Gasteiger partial charge < -0.3 is 5.73 Å². The smallest absolute Gasteiger partial charge is 0.316 e. The number of hydrogen-bond acceptors (Lipinski definition) is 2. The fraction of sp³-hybridized carbons (Fsp3) is 0.286. The lowest BCUT2D eigenvalue weighted by atomic mass is 10.1. The van der Waals surface area contributed by atoms with Crippen molar-refractivity contribution in [2.45, 2.75) is 12.2 Å². The Morgan fingerprint density at radius 2 is 2.08 bits per heavy atom. The second-order valence-electron chi connectivity index (χ2n) is 2.42. The lowest BCUT2D eigenvalue weighted by Crippen LogP contribution is -2.28. The number of halogens is 4. The highest BCUT2D eigenvalue weighted by Crippen LogP contribution is 2.33. The van der Waals surface area contributed by atoms with Crippen molar-refractivity contribution in [2.24, 2.45) is 5.73 Å². The summed E-state index contributed by atoms with van der Waals surface area (Å²) in [5.41, 5.74) is 4.77. The highest BCUT2D eigenvalue weighted by molar-refractivity contribution is 6.31. The van der Waals surface area contributed by atoms with Gasteiger partial charge in [0.2, 0.25) is 0 Å². The Balaban J connectivity index is 3.02. The minimum Gasteiger partial charge on any atom is -0.316 e. The van der Waals surface area contributed by atoms with Gasteiger partial charge in [0.25, 0.3) is 0 Å². The number of nitrogens with zero attached hydrogens (tertiary/aromatic N) is 1. The lowest BCUT2D eigenvalue weighted by Gasteiger charge is -2.16. The van der Waals surface area contributed by atoms with Crippen LogP contribution in [0.1, 0.15) is 11.6 Å². The van der Waals surface area contributed by atoms with Crippen molar-refractivity contribution in [1.82, 2.24) is 4.98 Å². The summed E-state index contributed by atoms with van der Waals surface area (Å²) in [7, 11) is 0. The molecule has 1 atom stereocenters. The molecule has 0 aromatic carbocycles. The second kappa shape index (κ2) is 3.51. The molecule has 0 spiro atoms. The van der Waals surface area contributed by atoms with Gasteiger partial charge in [-0.05, 0) is 11.6 Å². The van der Waals surface area contributed by atoms with Crippen LogP contribution in [0.5, 0.6) is 0 Å². The molecule has 0 fully saturated rings. The van der Waals surface area contributed by atoms with E-state index in [1.54, 1.807) is 0 Å². The summed E-state index contributed by atoms with van der Waals surface area (Å²) in [6.45, 7) is 0. The Bertz CT molecular complexity index is 300. The molecule has 0 saturated heterocycles. The Hall–Kier alpha value is -0.810. The van der Waals surface area contributed by atoms with Crippen molar-refractivity contribution < 1.29 is 13.2 Å². The van der Waals surface area contributed by atoms with E-state index in [4.69, 9.17) is 17.3 Å². The SMILES string of the molecule is N[C@H](c1ccncc1Cl)C(F)(F)F. The minimum atomic E-state index is -4.48. The predicted octanol–water partition coefficient (Wildman–Crippen LogP) is 2.30. The first-order valence-electron chi connectivity index (χ1n) is 3.34. The van der Waals surface area contributed by atoms with Crippen molar-refractivity contribution >= 4 is 11.6 Å². The normalized spacial score (nSPS) is 14.2. The van der Waals surface area contributed by atoms with Crippen molar-refractivity contribution in [3.63, 3.8) is 0 Å². The van der Waals surface area contributed by atoms with Crippen LogP contribution < -0.4 is 5.73 Å². The first-order valence-corrected chi connectivity index (χ1v) is 3.72. The van der Waals surface area contributed by atoms with Gasteiger partial charge in [-0.25, -0.2) is 0 Å². The molecular formula is C7H6ClF3N2. The maximum atomic E-state index is 12.1. The van der Waals surface area contributed by atoms with E-state index >= 15 is 0 Å². The standard InChI is InChI=1S/C7H6ClF3N2/c8-5-3-13-2-1-4(5)6(12)7(9,10)11/h1-3,6H,12H2/t6-/m1/s1. The molecule has 0 saturated carbocycles. The number of alkyl halides is 3. The molecule has 0 bridgehead atoms. The Morgan fingerprint density at radius 3 is 2.54 bits per heavy atom. The fourth-order valence-electron chi connectivity index (χ4n) is 0.814. The molecule has 0 unspecified atom stereocenters. The van der Waals surface area contributed by atoms with Gasteiger partial charge in [-0.2, -0.15) is 13.2 Å². The summed E-state index contributed by atoms with van der Waals surface area (Å²) >= 11 is 5.48. The average molecular weight is 211 g/mol. The van der Waals surface area contributed by atoms with Gasteiger partial charge in [0, 0.05) is 12.4 Å². The molecular weight excluding hydrogens is 205 g/mol. The van der Waals surface area contributed by atoms with Gasteiger partial charge in [0.15, 0.2) is 0 Å². The van der Waals surface area contributed by atoms with E-state index in [1.165, 1.54) is 6.20 Å². The molecule has 72 valence electrons. The molecule has 1 aromatic heterocycles. The molecule has 0 amide bonds. The molecule has 0 aliphatic carbocycles. The third-order valence-electron chi connectivity index (χ3n) is 1.49. The van der Waals surface area contributed by atoms with E-state index < -0.39 is 12.2 Å². The van der Waals surface area contributed by atoms with Crippen LogP contribution in [-0.2, 0) is 0 Å². The van der Waals surface area contributed by atoms with E-state index in [-0.39, 0.29) is 10.6 Å². The van der Waals surface area contributed by atoms with Crippen molar-refractivity contribution in [3.8, 4) is 0 Å². The molecule has 1 aromatic rings. The van der Waals surface area contributed by atoms with E-state index in [0.717, 1.165) is 12.3 Å². The highest BCUT2D eigenvalue weighted by atomic mass is 35.5. The molecule has 13 heavy (non-hydrogen) atoms. The van der Waals surface area contributed by atoms with Crippen LogP contribution in [0.4, 0.5) is 13.2 Å². The quantitative estimate of drug-likeness (QED) is 0.773. The number of rotatable bonds is 1. The minimum absolute atomic E-state index is 0.0766. The first-order chi connectivity index (χ1) is 5.93. The first kappa shape index (κ1) is 10.3. The fourth-order valence-corrected chi connectivity index (χ4v) is 1.05. The van der Waals surface area contributed by atoms with Crippen LogP contribution in [0.25, 0.3) is 0 Å². The third kappa shape index (κ3) is 2.32. The number of pyridine rings is 1. The summed E-state index contributed by atoms with van der Waals surface area (Å²) in [6, 6.07) is -0.900. The van der Waals surface area contributed by atoms with E-state index in [0.29, 0.717) is 0 Å². The van der Waals surface area contributed by atoms with Crippen molar-refractivity contribution in [2.75, 3.05) is 0 Å². The van der Waals surface area contributed by atoms with Crippen LogP contribution in [0.15, 0.2) is 18.5 Å². The molecule has 1 heterocycles. The van der Waals surface area contributed by atoms with Crippen LogP contribution in [-0.4, -0.2) is 11.2 Å². The molecule has 0 aliphatic heterocycles. The zero-order valence-corrected chi connectivity index (χ0v) is 7.10. The molecule has 0 radical (unpaired) electrons. The number of hydrogen-bond donors (Lipinski definition) is 1. The van der Waals surface area contributed by atoms with Crippen molar-refractivity contribution in [1.29, 1.82) is 0 Å². The van der Waals surface area contributed by atoms with E-state index in [2.05, 4.69) is 4.98 Å². The highest BCUT2D eigenvalue weighted by Gasteiger charge is 2.38. The molecule has 0 aliphatic rings. The third-order valence-corrected chi connectivity index (χ3v) is 1.81. The monoisotopic (exact) mass is 210 g/mol. The largest absolute Gasteiger partial charge is 0.407 e. The van der Waals surface area contributed by atoms with E-state index in [1.807, 2.05) is 0 Å². The summed E-state index contributed by atoms with van der Waals surface area (Å²) < 4.78 is 36.3. The second-order valence-corrected chi connectivity index (χ2v) is 2.82. The summed E-state index contributed by atoms with van der Waals surface area (Å²) in [6.07, 6.45) is -2.14. The molecule has 6 heteroatoms. The van der Waals surface area contributed by atoms with Gasteiger partial charge >= 0.3 is 6.18 Å². The topological polar surface area (TPSA) is 38.9 Å². The van der Waals surface area contributed by atoms with Crippen molar-refractivity contribution in [3.05, 3.63) is 29.0 Å². The van der Waals surface area contributed by atoms with Crippen LogP contribution >= 0.6 is 11.6 Å². The maximum absolute atomic E-state index is 12.1. The van der Waals surface area contributed by atoms with Gasteiger partial charge in [-0.1, -0.05) is 11.6 Å². The van der Waals surface area contributed by atoms with E-state index in [9.17, 15) is 13.2 Å². The number of nitrogens with two attached hydrogens (primary N) is 1. The summed E-state index contributed by atoms with van der Waals surface area (Å²) in [5, 5.41) is -0.0766. The van der Waals surface area contributed by atoms with Gasteiger partial charge in [-0.15, -0.1) is 0 Å². The molecule has 2 nitrogen and oxygen atoms in total. The lowest BCUT2D eigenvalue weighted by molar-refractivity contribution is -0.149. The zero-order valence-electron chi connectivity index (χ0n) is 6.35. The summed E-state index contributed by atoms with van der Waals surface area (Å²) in [4.78, 5) is 3.55. The Kier molecular flexibility index (Phi) is 2.77. The Labute approximate surface area is 77.5 Å². The van der Waals surface area contributed by atoms with Gasteiger partial charge in [-0.3, -0.25) is 4.98 Å². The van der Waals surface area contributed by atoms with Gasteiger partial charge in [0.05, 0.1) is 5.02 Å². The maximum Gasteiger partial charge on any atom is 0.407 e. The zero-order chi connectivity index (χ0) is 10.1. The molecule has 2 N–H and O–H groups in total.